The maximum atomic E-state index is 12.0. The molecule has 2 N–H and O–H groups in total. The quantitative estimate of drug-likeness (QED) is 0.829. The molecule has 0 spiro atoms. The molecule has 1 aromatic heterocycles. The molecule has 1 unspecified atom stereocenters. The zero-order valence-electron chi connectivity index (χ0n) is 12.3. The average Bonchev–Trinajstić information content (AvgIpc) is 2.96. The first-order valence-electron chi connectivity index (χ1n) is 6.88. The number of hydrogen-bond donors (Lipinski definition) is 1. The van der Waals surface area contributed by atoms with Gasteiger partial charge in [0.1, 0.15) is 10.6 Å². The standard InChI is InChI=1S/C13H22N4O2S/c1-4-19-13(18)10-11(14)15-20-12(10)17(3)8-9-6-5-7-16(9)2/h9H,4-8H2,1-3H3,(H2,14,15). The van der Waals surface area contributed by atoms with Crippen molar-refractivity contribution in [3.05, 3.63) is 5.56 Å². The predicted octanol–water partition coefficient (Wildman–Crippen LogP) is 1.43. The van der Waals surface area contributed by atoms with Crippen LogP contribution in [-0.2, 0) is 4.74 Å². The largest absolute Gasteiger partial charge is 0.462 e. The maximum absolute atomic E-state index is 12.0. The minimum absolute atomic E-state index is 0.259. The molecule has 20 heavy (non-hydrogen) atoms. The van der Waals surface area contributed by atoms with E-state index < -0.39 is 0 Å². The molecule has 1 aliphatic rings. The van der Waals surface area contributed by atoms with Gasteiger partial charge >= 0.3 is 5.97 Å². The Morgan fingerprint density at radius 1 is 1.65 bits per heavy atom. The molecule has 1 atom stereocenters. The molecule has 1 aliphatic heterocycles. The van der Waals surface area contributed by atoms with E-state index in [4.69, 9.17) is 10.5 Å². The molecule has 0 amide bonds. The summed E-state index contributed by atoms with van der Waals surface area (Å²) < 4.78 is 9.16. The van der Waals surface area contributed by atoms with E-state index in [-0.39, 0.29) is 11.8 Å². The third kappa shape index (κ3) is 3.04. The van der Waals surface area contributed by atoms with Crippen LogP contribution in [0.1, 0.15) is 30.1 Å². The van der Waals surface area contributed by atoms with Crippen molar-refractivity contribution >= 4 is 28.3 Å². The first-order valence-corrected chi connectivity index (χ1v) is 7.65. The van der Waals surface area contributed by atoms with Crippen LogP contribution in [0.3, 0.4) is 0 Å². The number of likely N-dealkylation sites (N-methyl/N-ethyl adjacent to an activating group) is 2. The lowest BCUT2D eigenvalue weighted by atomic mass is 10.2. The number of nitrogen functional groups attached to an aromatic ring is 1. The van der Waals surface area contributed by atoms with Gasteiger partial charge in [0, 0.05) is 19.6 Å². The van der Waals surface area contributed by atoms with Gasteiger partial charge in [-0.15, -0.1) is 0 Å². The van der Waals surface area contributed by atoms with E-state index in [1.807, 2.05) is 7.05 Å². The van der Waals surface area contributed by atoms with Gasteiger partial charge in [0.05, 0.1) is 6.61 Å². The van der Waals surface area contributed by atoms with Crippen molar-refractivity contribution in [2.75, 3.05) is 44.4 Å². The van der Waals surface area contributed by atoms with Crippen molar-refractivity contribution in [1.82, 2.24) is 9.27 Å². The lowest BCUT2D eigenvalue weighted by molar-refractivity contribution is 0.0528. The third-order valence-electron chi connectivity index (χ3n) is 3.68. The highest BCUT2D eigenvalue weighted by atomic mass is 32.1. The van der Waals surface area contributed by atoms with Crippen molar-refractivity contribution in [3.8, 4) is 0 Å². The van der Waals surface area contributed by atoms with Gasteiger partial charge in [-0.25, -0.2) is 4.79 Å². The van der Waals surface area contributed by atoms with Crippen LogP contribution >= 0.6 is 11.5 Å². The summed E-state index contributed by atoms with van der Waals surface area (Å²) in [4.78, 5) is 16.4. The zero-order valence-corrected chi connectivity index (χ0v) is 13.1. The van der Waals surface area contributed by atoms with Crippen LogP contribution in [0.4, 0.5) is 10.8 Å². The second-order valence-electron chi connectivity index (χ2n) is 5.13. The zero-order chi connectivity index (χ0) is 14.7. The summed E-state index contributed by atoms with van der Waals surface area (Å²) in [5.74, 6) is -0.129. The summed E-state index contributed by atoms with van der Waals surface area (Å²) in [6.07, 6.45) is 2.41. The molecule has 7 heteroatoms. The summed E-state index contributed by atoms with van der Waals surface area (Å²) in [5.41, 5.74) is 6.21. The van der Waals surface area contributed by atoms with Gasteiger partial charge in [-0.2, -0.15) is 4.37 Å². The normalized spacial score (nSPS) is 19.2. The first kappa shape index (κ1) is 15.1. The highest BCUT2D eigenvalue weighted by molar-refractivity contribution is 7.11. The monoisotopic (exact) mass is 298 g/mol. The van der Waals surface area contributed by atoms with Crippen molar-refractivity contribution in [2.45, 2.75) is 25.8 Å². The first-order chi connectivity index (χ1) is 9.54. The molecule has 1 aromatic rings. The number of esters is 1. The van der Waals surface area contributed by atoms with E-state index in [0.29, 0.717) is 18.2 Å². The van der Waals surface area contributed by atoms with E-state index in [1.54, 1.807) is 6.92 Å². The highest BCUT2D eigenvalue weighted by Gasteiger charge is 2.27. The minimum atomic E-state index is -0.389. The van der Waals surface area contributed by atoms with Crippen LogP contribution in [0.15, 0.2) is 0 Å². The Balaban J connectivity index is 2.13. The Morgan fingerprint density at radius 3 is 3.00 bits per heavy atom. The van der Waals surface area contributed by atoms with Gasteiger partial charge in [0.2, 0.25) is 0 Å². The lowest BCUT2D eigenvalue weighted by Gasteiger charge is -2.26. The molecule has 6 nitrogen and oxygen atoms in total. The topological polar surface area (TPSA) is 71.7 Å². The fourth-order valence-electron chi connectivity index (χ4n) is 2.56. The summed E-state index contributed by atoms with van der Waals surface area (Å²) in [5, 5.41) is 0.793. The fourth-order valence-corrected chi connectivity index (χ4v) is 3.33. The van der Waals surface area contributed by atoms with Crippen molar-refractivity contribution in [1.29, 1.82) is 0 Å². The number of hydrogen-bond acceptors (Lipinski definition) is 7. The van der Waals surface area contributed by atoms with E-state index in [9.17, 15) is 4.79 Å². The molecule has 0 radical (unpaired) electrons. The summed E-state index contributed by atoms with van der Waals surface area (Å²) in [6.45, 7) is 4.12. The van der Waals surface area contributed by atoms with Crippen molar-refractivity contribution in [2.24, 2.45) is 0 Å². The van der Waals surface area contributed by atoms with Gasteiger partial charge in [0.25, 0.3) is 0 Å². The number of carbonyl (C=O) groups is 1. The number of ether oxygens (including phenoxy) is 1. The Hall–Kier alpha value is -1.34. The summed E-state index contributed by atoms with van der Waals surface area (Å²) >= 11 is 1.25. The Kier molecular flexibility index (Phi) is 4.82. The van der Waals surface area contributed by atoms with Crippen molar-refractivity contribution < 1.29 is 9.53 Å². The van der Waals surface area contributed by atoms with Gasteiger partial charge in [-0.1, -0.05) is 0 Å². The van der Waals surface area contributed by atoms with Crippen molar-refractivity contribution in [3.63, 3.8) is 0 Å². The van der Waals surface area contributed by atoms with Gasteiger partial charge in [-0.05, 0) is 44.9 Å². The molecular weight excluding hydrogens is 276 g/mol. The molecule has 0 bridgehead atoms. The van der Waals surface area contributed by atoms with E-state index in [2.05, 4.69) is 21.2 Å². The summed E-state index contributed by atoms with van der Waals surface area (Å²) in [7, 11) is 4.11. The minimum Gasteiger partial charge on any atom is -0.462 e. The molecule has 2 rings (SSSR count). The SMILES string of the molecule is CCOC(=O)c1c(N)nsc1N(C)CC1CCCN1C. The predicted molar refractivity (Wildman–Crippen MR) is 81.4 cm³/mol. The lowest BCUT2D eigenvalue weighted by Crippen LogP contribution is -2.36. The molecule has 2 heterocycles. The molecule has 1 saturated heterocycles. The second-order valence-corrected chi connectivity index (χ2v) is 5.88. The van der Waals surface area contributed by atoms with Gasteiger partial charge in [-0.3, -0.25) is 0 Å². The maximum Gasteiger partial charge on any atom is 0.345 e. The van der Waals surface area contributed by atoms with Gasteiger partial charge in [0.15, 0.2) is 5.82 Å². The fraction of sp³-hybridized carbons (Fsp3) is 0.692. The number of aromatic nitrogens is 1. The second kappa shape index (κ2) is 6.41. The molecule has 112 valence electrons. The number of likely N-dealkylation sites (tertiary alicyclic amines) is 1. The smallest absolute Gasteiger partial charge is 0.345 e. The van der Waals surface area contributed by atoms with E-state index in [1.165, 1.54) is 24.4 Å². The summed E-state index contributed by atoms with van der Waals surface area (Å²) in [6, 6.07) is 0.512. The van der Waals surface area contributed by atoms with Gasteiger partial charge < -0.3 is 20.3 Å². The van der Waals surface area contributed by atoms with Crippen LogP contribution < -0.4 is 10.6 Å². The van der Waals surface area contributed by atoms with Crippen LogP contribution in [0.5, 0.6) is 0 Å². The Labute approximate surface area is 123 Å². The number of nitrogens with zero attached hydrogens (tertiary/aromatic N) is 3. The van der Waals surface area contributed by atoms with E-state index in [0.717, 1.165) is 18.1 Å². The molecule has 0 aliphatic carbocycles. The number of nitrogens with two attached hydrogens (primary N) is 1. The number of anilines is 2. The Morgan fingerprint density at radius 2 is 2.40 bits per heavy atom. The number of carbonyl (C=O) groups excluding carboxylic acids is 1. The molecule has 1 fully saturated rings. The van der Waals surface area contributed by atoms with Crippen LogP contribution in [0.2, 0.25) is 0 Å². The molecule has 0 saturated carbocycles. The van der Waals surface area contributed by atoms with Crippen LogP contribution in [0, 0.1) is 0 Å². The third-order valence-corrected chi connectivity index (χ3v) is 4.66. The Bertz CT molecular complexity index is 477. The van der Waals surface area contributed by atoms with E-state index >= 15 is 0 Å². The molecular formula is C13H22N4O2S. The van der Waals surface area contributed by atoms with Crippen LogP contribution in [0.25, 0.3) is 0 Å². The van der Waals surface area contributed by atoms with Crippen LogP contribution in [-0.4, -0.2) is 55.1 Å². The average molecular weight is 298 g/mol. The molecule has 0 aromatic carbocycles. The number of rotatable bonds is 5. The highest BCUT2D eigenvalue weighted by Crippen LogP contribution is 2.31.